The first kappa shape index (κ1) is 22.7. The molecule has 3 aromatic carbocycles. The van der Waals surface area contributed by atoms with E-state index in [0.717, 1.165) is 15.8 Å². The van der Waals surface area contributed by atoms with Gasteiger partial charge in [0.15, 0.2) is 6.73 Å². The highest BCUT2D eigenvalue weighted by molar-refractivity contribution is 5.81. The molecule has 1 heterocycles. The number of amides is 1. The molecule has 0 bridgehead atoms. The number of carbonyl (C=O) groups excluding carboxylic acids is 2. The van der Waals surface area contributed by atoms with Gasteiger partial charge in [0.05, 0.1) is 5.39 Å². The molecule has 0 fully saturated rings. The van der Waals surface area contributed by atoms with Gasteiger partial charge in [-0.25, -0.2) is 9.59 Å². The quantitative estimate of drug-likeness (QED) is 0.404. The smallest absolute Gasteiger partial charge is 0.408 e. The van der Waals surface area contributed by atoms with Crippen LogP contribution in [-0.2, 0) is 34.0 Å². The molecule has 0 aliphatic heterocycles. The Morgan fingerprint density at radius 1 is 0.853 bits per heavy atom. The molecule has 0 unspecified atom stereocenters. The molecule has 1 N–H and O–H groups in total. The molecule has 0 saturated heterocycles. The van der Waals surface area contributed by atoms with Gasteiger partial charge in [0.2, 0.25) is 0 Å². The molecule has 0 aliphatic rings. The largest absolute Gasteiger partial charge is 0.445 e. The second kappa shape index (κ2) is 10.9. The van der Waals surface area contributed by atoms with Crippen LogP contribution in [0.15, 0.2) is 89.7 Å². The number of benzene rings is 3. The minimum Gasteiger partial charge on any atom is -0.445 e. The highest BCUT2D eigenvalue weighted by Gasteiger charge is 2.24. The van der Waals surface area contributed by atoms with Gasteiger partial charge in [0.25, 0.3) is 5.56 Å². The van der Waals surface area contributed by atoms with Crippen molar-refractivity contribution in [2.45, 2.75) is 25.8 Å². The molecule has 4 aromatic rings. The minimum absolute atomic E-state index is 0.0574. The van der Waals surface area contributed by atoms with Crippen LogP contribution in [0.4, 0.5) is 4.79 Å². The third-order valence-electron chi connectivity index (χ3n) is 5.03. The fraction of sp³-hybridized carbons (Fsp3) is 0.160. The number of nitrogens with one attached hydrogen (secondary N) is 1. The summed E-state index contributed by atoms with van der Waals surface area (Å²) in [5.74, 6) is -0.734. The number of nitrogens with zero attached hydrogens (tertiary/aromatic N) is 3. The molecule has 34 heavy (non-hydrogen) atoms. The maximum atomic E-state index is 12.8. The van der Waals surface area contributed by atoms with Crippen molar-refractivity contribution >= 4 is 23.0 Å². The van der Waals surface area contributed by atoms with E-state index in [1.54, 1.807) is 24.3 Å². The first-order valence-corrected chi connectivity index (χ1v) is 10.6. The number of ether oxygens (including phenoxy) is 2. The number of hydrogen-bond donors (Lipinski definition) is 1. The number of alkyl carbamates (subject to hydrolysis) is 1. The zero-order valence-corrected chi connectivity index (χ0v) is 18.2. The zero-order chi connectivity index (χ0) is 23.8. The molecule has 1 amide bonds. The van der Waals surface area contributed by atoms with Crippen molar-refractivity contribution in [3.8, 4) is 0 Å². The van der Waals surface area contributed by atoms with E-state index in [1.165, 1.54) is 0 Å². The Kier molecular flexibility index (Phi) is 7.24. The molecule has 0 spiro atoms. The lowest BCUT2D eigenvalue weighted by molar-refractivity contribution is -0.150. The van der Waals surface area contributed by atoms with Gasteiger partial charge in [-0.2, -0.15) is 4.68 Å². The van der Waals surface area contributed by atoms with Crippen LogP contribution in [0.2, 0.25) is 0 Å². The van der Waals surface area contributed by atoms with Gasteiger partial charge in [-0.05, 0) is 23.3 Å². The van der Waals surface area contributed by atoms with Crippen molar-refractivity contribution in [3.63, 3.8) is 0 Å². The lowest BCUT2D eigenvalue weighted by Crippen LogP contribution is -2.44. The van der Waals surface area contributed by atoms with Crippen LogP contribution in [0.3, 0.4) is 0 Å². The minimum atomic E-state index is -1.03. The standard InChI is InChI=1S/C25H22N4O5/c30-23-20-13-7-8-14-21(20)27-28-29(23)17-34-24(31)22(15-18-9-3-1-4-10-18)26-25(32)33-16-19-11-5-2-6-12-19/h1-14,22H,15-17H2,(H,26,32)/t22-/m1/s1. The lowest BCUT2D eigenvalue weighted by atomic mass is 10.1. The van der Waals surface area contributed by atoms with Crippen molar-refractivity contribution in [3.05, 3.63) is 106 Å². The third kappa shape index (κ3) is 5.83. The number of hydrogen-bond acceptors (Lipinski definition) is 7. The summed E-state index contributed by atoms with van der Waals surface area (Å²) in [6, 6.07) is 24.1. The Balaban J connectivity index is 1.43. The van der Waals surface area contributed by atoms with Crippen LogP contribution < -0.4 is 10.9 Å². The van der Waals surface area contributed by atoms with E-state index in [4.69, 9.17) is 9.47 Å². The third-order valence-corrected chi connectivity index (χ3v) is 5.03. The van der Waals surface area contributed by atoms with Crippen LogP contribution >= 0.6 is 0 Å². The summed E-state index contributed by atoms with van der Waals surface area (Å²) < 4.78 is 11.5. The van der Waals surface area contributed by atoms with Gasteiger partial charge < -0.3 is 14.8 Å². The Morgan fingerprint density at radius 3 is 2.24 bits per heavy atom. The first-order valence-electron chi connectivity index (χ1n) is 10.6. The van der Waals surface area contributed by atoms with E-state index in [9.17, 15) is 14.4 Å². The maximum Gasteiger partial charge on any atom is 0.408 e. The maximum absolute atomic E-state index is 12.8. The molecular formula is C25H22N4O5. The monoisotopic (exact) mass is 458 g/mol. The van der Waals surface area contributed by atoms with Crippen molar-refractivity contribution in [2.24, 2.45) is 0 Å². The van der Waals surface area contributed by atoms with Gasteiger partial charge in [-0.3, -0.25) is 4.79 Å². The van der Waals surface area contributed by atoms with Crippen LogP contribution in [0.25, 0.3) is 10.9 Å². The lowest BCUT2D eigenvalue weighted by Gasteiger charge is -2.18. The predicted octanol–water partition coefficient (Wildman–Crippen LogP) is 2.83. The average Bonchev–Trinajstić information content (AvgIpc) is 2.88. The predicted molar refractivity (Wildman–Crippen MR) is 124 cm³/mol. The van der Waals surface area contributed by atoms with Gasteiger partial charge in [-0.1, -0.05) is 78.0 Å². The molecule has 9 nitrogen and oxygen atoms in total. The van der Waals surface area contributed by atoms with Gasteiger partial charge >= 0.3 is 12.1 Å². The van der Waals surface area contributed by atoms with Gasteiger partial charge in [0, 0.05) is 6.42 Å². The highest BCUT2D eigenvalue weighted by Crippen LogP contribution is 2.07. The Morgan fingerprint density at radius 2 is 1.50 bits per heavy atom. The number of carbonyl (C=O) groups is 2. The summed E-state index contributed by atoms with van der Waals surface area (Å²) in [5.41, 5.74) is 1.64. The van der Waals surface area contributed by atoms with E-state index >= 15 is 0 Å². The van der Waals surface area contributed by atoms with Crippen molar-refractivity contribution in [1.82, 2.24) is 20.3 Å². The van der Waals surface area contributed by atoms with E-state index in [0.29, 0.717) is 10.9 Å². The number of esters is 1. The van der Waals surface area contributed by atoms with E-state index in [2.05, 4.69) is 15.6 Å². The summed E-state index contributed by atoms with van der Waals surface area (Å²) in [7, 11) is 0. The van der Waals surface area contributed by atoms with E-state index in [-0.39, 0.29) is 13.0 Å². The van der Waals surface area contributed by atoms with Crippen LogP contribution in [0.1, 0.15) is 11.1 Å². The fourth-order valence-electron chi connectivity index (χ4n) is 3.28. The van der Waals surface area contributed by atoms with Gasteiger partial charge in [0.1, 0.15) is 18.2 Å². The SMILES string of the molecule is O=C(N[C@H](Cc1ccccc1)C(=O)OCn1nnc2ccccc2c1=O)OCc1ccccc1. The molecule has 0 aliphatic carbocycles. The number of fused-ring (bicyclic) bond motifs is 1. The van der Waals surface area contributed by atoms with Crippen molar-refractivity contribution in [2.75, 3.05) is 0 Å². The van der Waals surface area contributed by atoms with Crippen LogP contribution in [0, 0.1) is 0 Å². The Labute approximate surface area is 194 Å². The Hall–Kier alpha value is -4.53. The molecule has 4 rings (SSSR count). The highest BCUT2D eigenvalue weighted by atomic mass is 16.6. The van der Waals surface area contributed by atoms with E-state index in [1.807, 2.05) is 60.7 Å². The first-order chi connectivity index (χ1) is 16.6. The molecule has 0 radical (unpaired) electrons. The molecule has 9 heteroatoms. The van der Waals surface area contributed by atoms with Crippen molar-refractivity contribution in [1.29, 1.82) is 0 Å². The number of aromatic nitrogens is 3. The fourth-order valence-corrected chi connectivity index (χ4v) is 3.28. The second-order valence-corrected chi connectivity index (χ2v) is 7.45. The summed E-state index contributed by atoms with van der Waals surface area (Å²) in [6.07, 6.45) is -0.581. The molecule has 0 saturated carbocycles. The normalized spacial score (nSPS) is 11.5. The average molecular weight is 458 g/mol. The van der Waals surface area contributed by atoms with Crippen molar-refractivity contribution < 1.29 is 19.1 Å². The molecule has 172 valence electrons. The van der Waals surface area contributed by atoms with Gasteiger partial charge in [-0.15, -0.1) is 5.10 Å². The molecule has 1 atom stereocenters. The summed E-state index contributed by atoms with van der Waals surface area (Å²) in [6.45, 7) is -0.386. The summed E-state index contributed by atoms with van der Waals surface area (Å²) >= 11 is 0. The second-order valence-electron chi connectivity index (χ2n) is 7.45. The van der Waals surface area contributed by atoms with Crippen LogP contribution in [-0.4, -0.2) is 33.1 Å². The molecule has 1 aromatic heterocycles. The number of rotatable bonds is 8. The van der Waals surface area contributed by atoms with Crippen LogP contribution in [0.5, 0.6) is 0 Å². The van der Waals surface area contributed by atoms with E-state index < -0.39 is 30.4 Å². The molecular weight excluding hydrogens is 436 g/mol. The summed E-state index contributed by atoms with van der Waals surface area (Å²) in [5, 5.41) is 10.7. The topological polar surface area (TPSA) is 112 Å². The Bertz CT molecular complexity index is 1330. The summed E-state index contributed by atoms with van der Waals surface area (Å²) in [4.78, 5) is 37.8. The zero-order valence-electron chi connectivity index (χ0n) is 18.2.